The van der Waals surface area contributed by atoms with Gasteiger partial charge in [0.2, 0.25) is 0 Å². The van der Waals surface area contributed by atoms with Gasteiger partial charge in [-0.3, -0.25) is 0 Å². The fourth-order valence-electron chi connectivity index (χ4n) is 0.809. The summed E-state index contributed by atoms with van der Waals surface area (Å²) in [6.45, 7) is -0.0630. The molecule has 0 heterocycles. The molecule has 0 aliphatic heterocycles. The Balaban J connectivity index is 2.58. The van der Waals surface area contributed by atoms with Crippen LogP contribution in [0.1, 0.15) is 0 Å². The van der Waals surface area contributed by atoms with Crippen LogP contribution in [0.2, 0.25) is 5.02 Å². The van der Waals surface area contributed by atoms with Crippen LogP contribution in [0.3, 0.4) is 0 Å². The van der Waals surface area contributed by atoms with Crippen LogP contribution in [0.5, 0.6) is 5.75 Å². The van der Waals surface area contributed by atoms with Crippen LogP contribution in [0.15, 0.2) is 24.3 Å². The number of methoxy groups -OCH3 is 1. The first kappa shape index (κ1) is 10.0. The van der Waals surface area contributed by atoms with Gasteiger partial charge in [-0.05, 0) is 18.2 Å². The average Bonchev–Trinajstić information content (AvgIpc) is 2.04. The number of halogens is 1. The van der Waals surface area contributed by atoms with Crippen molar-refractivity contribution < 1.29 is 14.3 Å². The lowest BCUT2D eigenvalue weighted by Crippen LogP contribution is -2.13. The Morgan fingerprint density at radius 3 is 2.92 bits per heavy atom. The molecule has 0 N–H and O–H groups in total. The Morgan fingerprint density at radius 2 is 2.31 bits per heavy atom. The van der Waals surface area contributed by atoms with Gasteiger partial charge in [-0.25, -0.2) is 4.79 Å². The Hall–Kier alpha value is -1.06. The van der Waals surface area contributed by atoms with Crippen LogP contribution < -0.4 is 4.74 Å². The van der Waals surface area contributed by atoms with Crippen molar-refractivity contribution in [3.8, 4) is 5.75 Å². The van der Waals surface area contributed by atoms with Crippen molar-refractivity contribution >= 4 is 17.6 Å². The van der Waals surface area contributed by atoms with Crippen LogP contribution in [-0.4, -0.2) is 19.7 Å². The predicted molar refractivity (Wildman–Crippen MR) is 49.0 cm³/mol. The van der Waals surface area contributed by atoms with Crippen molar-refractivity contribution in [3.63, 3.8) is 0 Å². The number of ether oxygens (including phenoxy) is 2. The van der Waals surface area contributed by atoms with E-state index in [2.05, 4.69) is 4.74 Å². The largest absolute Gasteiger partial charge is 0.425 e. The lowest BCUT2D eigenvalue weighted by atomic mass is 10.3. The molecule has 0 atom stereocenters. The number of hydrogen-bond acceptors (Lipinski definition) is 3. The molecule has 70 valence electrons. The van der Waals surface area contributed by atoms with E-state index in [1.807, 2.05) is 0 Å². The molecule has 1 aromatic rings. The number of carbonyl (C=O) groups is 1. The summed E-state index contributed by atoms with van der Waals surface area (Å²) in [5.41, 5.74) is 0. The predicted octanol–water partition coefficient (Wildman–Crippen LogP) is 1.89. The maximum absolute atomic E-state index is 10.9. The van der Waals surface area contributed by atoms with Gasteiger partial charge < -0.3 is 9.47 Å². The maximum atomic E-state index is 10.9. The zero-order valence-electron chi connectivity index (χ0n) is 7.12. The summed E-state index contributed by atoms with van der Waals surface area (Å²) in [4.78, 5) is 10.9. The Kier molecular flexibility index (Phi) is 3.73. The highest BCUT2D eigenvalue weighted by Gasteiger charge is 2.03. The number of rotatable bonds is 3. The molecule has 0 aliphatic carbocycles. The van der Waals surface area contributed by atoms with E-state index < -0.39 is 5.97 Å². The molecular formula is C9H9ClO3. The summed E-state index contributed by atoms with van der Waals surface area (Å²) in [5.74, 6) is -0.0145. The van der Waals surface area contributed by atoms with Crippen molar-refractivity contribution in [3.05, 3.63) is 29.3 Å². The molecule has 4 heteroatoms. The third kappa shape index (κ3) is 3.44. The molecule has 1 aromatic carbocycles. The van der Waals surface area contributed by atoms with E-state index in [9.17, 15) is 4.79 Å². The van der Waals surface area contributed by atoms with Crippen LogP contribution in [-0.2, 0) is 9.53 Å². The first-order valence-corrected chi connectivity index (χ1v) is 4.05. The topological polar surface area (TPSA) is 35.5 Å². The van der Waals surface area contributed by atoms with E-state index >= 15 is 0 Å². The van der Waals surface area contributed by atoms with Crippen molar-refractivity contribution in [2.75, 3.05) is 13.7 Å². The molecule has 0 radical (unpaired) electrons. The average molecular weight is 201 g/mol. The van der Waals surface area contributed by atoms with Gasteiger partial charge in [-0.1, -0.05) is 17.7 Å². The minimum Gasteiger partial charge on any atom is -0.425 e. The van der Waals surface area contributed by atoms with Crippen LogP contribution in [0.25, 0.3) is 0 Å². The second-order valence-corrected chi connectivity index (χ2v) is 2.80. The zero-order chi connectivity index (χ0) is 9.68. The Labute approximate surface area is 81.2 Å². The molecule has 0 spiro atoms. The highest BCUT2D eigenvalue weighted by atomic mass is 35.5. The second-order valence-electron chi connectivity index (χ2n) is 2.36. The van der Waals surface area contributed by atoms with E-state index in [0.717, 1.165) is 0 Å². The molecule has 0 fully saturated rings. The lowest BCUT2D eigenvalue weighted by Gasteiger charge is -2.02. The molecule has 0 unspecified atom stereocenters. The van der Waals surface area contributed by atoms with Gasteiger partial charge >= 0.3 is 5.97 Å². The van der Waals surface area contributed by atoms with Gasteiger partial charge in [0.05, 0.1) is 0 Å². The smallest absolute Gasteiger partial charge is 0.337 e. The minimum atomic E-state index is -0.440. The number of esters is 1. The molecule has 0 amide bonds. The van der Waals surface area contributed by atoms with Crippen molar-refractivity contribution in [2.45, 2.75) is 0 Å². The molecule has 0 saturated carbocycles. The first-order chi connectivity index (χ1) is 6.22. The normalized spacial score (nSPS) is 9.69. The number of carbonyl (C=O) groups excluding carboxylic acids is 1. The van der Waals surface area contributed by atoms with Crippen molar-refractivity contribution in [1.29, 1.82) is 0 Å². The summed E-state index contributed by atoms with van der Waals surface area (Å²) in [5, 5.41) is 0.530. The monoisotopic (exact) mass is 200 g/mol. The molecule has 0 bridgehead atoms. The van der Waals surface area contributed by atoms with Gasteiger partial charge in [0.25, 0.3) is 0 Å². The van der Waals surface area contributed by atoms with Crippen LogP contribution in [0, 0.1) is 0 Å². The first-order valence-electron chi connectivity index (χ1n) is 3.67. The highest BCUT2D eigenvalue weighted by Crippen LogP contribution is 2.16. The zero-order valence-corrected chi connectivity index (χ0v) is 7.88. The third-order valence-corrected chi connectivity index (χ3v) is 1.53. The SMILES string of the molecule is COCC(=O)Oc1cccc(Cl)c1. The fraction of sp³-hybridized carbons (Fsp3) is 0.222. The van der Waals surface area contributed by atoms with Crippen molar-refractivity contribution in [1.82, 2.24) is 0 Å². The highest BCUT2D eigenvalue weighted by molar-refractivity contribution is 6.30. The number of benzene rings is 1. The molecule has 0 aromatic heterocycles. The molecule has 0 aliphatic rings. The van der Waals surface area contributed by atoms with Crippen LogP contribution >= 0.6 is 11.6 Å². The number of hydrogen-bond donors (Lipinski definition) is 0. The fourth-order valence-corrected chi connectivity index (χ4v) is 0.990. The maximum Gasteiger partial charge on any atom is 0.337 e. The Bertz CT molecular complexity index is 299. The van der Waals surface area contributed by atoms with Gasteiger partial charge in [0.15, 0.2) is 0 Å². The second kappa shape index (κ2) is 4.84. The van der Waals surface area contributed by atoms with E-state index in [1.54, 1.807) is 24.3 Å². The van der Waals surface area contributed by atoms with Crippen molar-refractivity contribution in [2.24, 2.45) is 0 Å². The quantitative estimate of drug-likeness (QED) is 0.552. The summed E-state index contributed by atoms with van der Waals surface area (Å²) in [6, 6.07) is 6.63. The summed E-state index contributed by atoms with van der Waals surface area (Å²) in [6.07, 6.45) is 0. The Morgan fingerprint density at radius 1 is 1.54 bits per heavy atom. The molecule has 1 rings (SSSR count). The summed E-state index contributed by atoms with van der Waals surface area (Å²) >= 11 is 5.68. The molecule has 0 saturated heterocycles. The molecular weight excluding hydrogens is 192 g/mol. The van der Waals surface area contributed by atoms with E-state index in [4.69, 9.17) is 16.3 Å². The van der Waals surface area contributed by atoms with Gasteiger partial charge in [-0.15, -0.1) is 0 Å². The van der Waals surface area contributed by atoms with Gasteiger partial charge in [-0.2, -0.15) is 0 Å². The van der Waals surface area contributed by atoms with Gasteiger partial charge in [0.1, 0.15) is 12.4 Å². The van der Waals surface area contributed by atoms with Gasteiger partial charge in [0, 0.05) is 12.1 Å². The van der Waals surface area contributed by atoms with E-state index in [-0.39, 0.29) is 6.61 Å². The third-order valence-electron chi connectivity index (χ3n) is 1.29. The molecule has 13 heavy (non-hydrogen) atoms. The van der Waals surface area contributed by atoms with E-state index in [1.165, 1.54) is 7.11 Å². The van der Waals surface area contributed by atoms with E-state index in [0.29, 0.717) is 10.8 Å². The summed E-state index contributed by atoms with van der Waals surface area (Å²) in [7, 11) is 1.43. The van der Waals surface area contributed by atoms with Crippen LogP contribution in [0.4, 0.5) is 0 Å². The summed E-state index contributed by atoms with van der Waals surface area (Å²) < 4.78 is 9.49. The molecule has 3 nitrogen and oxygen atoms in total. The minimum absolute atomic E-state index is 0.0630. The lowest BCUT2D eigenvalue weighted by molar-refractivity contribution is -0.138. The standard InChI is InChI=1S/C9H9ClO3/c1-12-6-9(11)13-8-4-2-3-7(10)5-8/h2-5H,6H2,1H3.